The molecule has 1 aliphatic rings. The number of nitrogen functional groups attached to an aromatic ring is 1. The van der Waals surface area contributed by atoms with Crippen LogP contribution in [0, 0.1) is 5.41 Å². The molecule has 0 aromatic carbocycles. The first-order chi connectivity index (χ1) is 7.08. The highest BCUT2D eigenvalue weighted by molar-refractivity contribution is 5.39. The first-order valence-corrected chi connectivity index (χ1v) is 5.43. The van der Waals surface area contributed by atoms with Crippen LogP contribution in [0.4, 0.5) is 11.8 Å². The number of anilines is 2. The van der Waals surface area contributed by atoms with Crippen LogP contribution in [-0.4, -0.2) is 16.0 Å². The van der Waals surface area contributed by atoms with Gasteiger partial charge in [0.25, 0.3) is 0 Å². The molecule has 0 spiro atoms. The zero-order chi connectivity index (χ0) is 10.9. The summed E-state index contributed by atoms with van der Waals surface area (Å²) >= 11 is 0. The van der Waals surface area contributed by atoms with Gasteiger partial charge in [0, 0.05) is 12.2 Å². The van der Waals surface area contributed by atoms with Crippen molar-refractivity contribution in [1.29, 1.82) is 0 Å². The minimum absolute atomic E-state index is 0.329. The molecule has 1 fully saturated rings. The lowest BCUT2D eigenvalue weighted by atomic mass is 9.87. The average Bonchev–Trinajstić information content (AvgIpc) is 2.46. The highest BCUT2D eigenvalue weighted by atomic mass is 15.1. The van der Waals surface area contributed by atoms with E-state index in [2.05, 4.69) is 29.1 Å². The van der Waals surface area contributed by atoms with Gasteiger partial charge in [-0.1, -0.05) is 20.3 Å². The third-order valence-corrected chi connectivity index (χ3v) is 3.25. The maximum absolute atomic E-state index is 5.54. The van der Waals surface area contributed by atoms with Crippen LogP contribution in [-0.2, 0) is 0 Å². The minimum atomic E-state index is 0.329. The molecular formula is C11H18N4. The second-order valence-corrected chi connectivity index (χ2v) is 4.88. The zero-order valence-corrected chi connectivity index (χ0v) is 9.33. The Morgan fingerprint density at radius 1 is 1.53 bits per heavy atom. The summed E-state index contributed by atoms with van der Waals surface area (Å²) in [5, 5.41) is 3.44. The SMILES string of the molecule is CC1(C)CCCC1Nc1ccnc(N)n1. The monoisotopic (exact) mass is 206 g/mol. The molecule has 1 heterocycles. The molecule has 4 nitrogen and oxygen atoms in total. The van der Waals surface area contributed by atoms with Crippen LogP contribution in [0.25, 0.3) is 0 Å². The lowest BCUT2D eigenvalue weighted by Gasteiger charge is -2.28. The molecule has 3 N–H and O–H groups in total. The zero-order valence-electron chi connectivity index (χ0n) is 9.33. The van der Waals surface area contributed by atoms with Gasteiger partial charge in [0.15, 0.2) is 0 Å². The van der Waals surface area contributed by atoms with Gasteiger partial charge in [-0.05, 0) is 24.3 Å². The third-order valence-electron chi connectivity index (χ3n) is 3.25. The Morgan fingerprint density at radius 3 is 2.93 bits per heavy atom. The maximum Gasteiger partial charge on any atom is 0.221 e. The lowest BCUT2D eigenvalue weighted by molar-refractivity contribution is 0.349. The van der Waals surface area contributed by atoms with Crippen molar-refractivity contribution in [1.82, 2.24) is 9.97 Å². The lowest BCUT2D eigenvalue weighted by Crippen LogP contribution is -2.31. The minimum Gasteiger partial charge on any atom is -0.368 e. The molecular weight excluding hydrogens is 188 g/mol. The van der Waals surface area contributed by atoms with Crippen LogP contribution in [0.5, 0.6) is 0 Å². The molecule has 1 aliphatic carbocycles. The number of nitrogens with two attached hydrogens (primary N) is 1. The second kappa shape index (κ2) is 3.68. The van der Waals surface area contributed by atoms with Gasteiger partial charge in [-0.2, -0.15) is 4.98 Å². The second-order valence-electron chi connectivity index (χ2n) is 4.88. The van der Waals surface area contributed by atoms with Crippen molar-refractivity contribution in [3.63, 3.8) is 0 Å². The van der Waals surface area contributed by atoms with E-state index in [4.69, 9.17) is 5.73 Å². The Morgan fingerprint density at radius 2 is 2.33 bits per heavy atom. The third kappa shape index (κ3) is 2.19. The van der Waals surface area contributed by atoms with E-state index in [0.717, 1.165) is 5.82 Å². The molecule has 0 aliphatic heterocycles. The molecule has 15 heavy (non-hydrogen) atoms. The molecule has 2 rings (SSSR count). The van der Waals surface area contributed by atoms with Crippen LogP contribution >= 0.6 is 0 Å². The summed E-state index contributed by atoms with van der Waals surface area (Å²) in [7, 11) is 0. The first kappa shape index (κ1) is 10.2. The molecule has 1 unspecified atom stereocenters. The Bertz CT molecular complexity index is 348. The normalized spacial score (nSPS) is 24.0. The number of hydrogen-bond acceptors (Lipinski definition) is 4. The van der Waals surface area contributed by atoms with Crippen molar-refractivity contribution in [2.45, 2.75) is 39.2 Å². The van der Waals surface area contributed by atoms with Gasteiger partial charge in [-0.15, -0.1) is 0 Å². The molecule has 0 radical (unpaired) electrons. The molecule has 0 bridgehead atoms. The fraction of sp³-hybridized carbons (Fsp3) is 0.636. The van der Waals surface area contributed by atoms with Crippen LogP contribution in [0.2, 0.25) is 0 Å². The molecule has 82 valence electrons. The predicted molar refractivity (Wildman–Crippen MR) is 61.5 cm³/mol. The van der Waals surface area contributed by atoms with E-state index in [1.807, 2.05) is 6.07 Å². The average molecular weight is 206 g/mol. The van der Waals surface area contributed by atoms with Crippen LogP contribution < -0.4 is 11.1 Å². The van der Waals surface area contributed by atoms with E-state index in [0.29, 0.717) is 17.4 Å². The fourth-order valence-corrected chi connectivity index (χ4v) is 2.23. The van der Waals surface area contributed by atoms with E-state index >= 15 is 0 Å². The summed E-state index contributed by atoms with van der Waals surface area (Å²) in [5.41, 5.74) is 5.89. The molecule has 1 aromatic heterocycles. The van der Waals surface area contributed by atoms with Crippen LogP contribution in [0.1, 0.15) is 33.1 Å². The molecule has 0 amide bonds. The van der Waals surface area contributed by atoms with Gasteiger partial charge in [0.05, 0.1) is 0 Å². The van der Waals surface area contributed by atoms with Gasteiger partial charge in [-0.25, -0.2) is 4.98 Å². The van der Waals surface area contributed by atoms with Crippen LogP contribution in [0.3, 0.4) is 0 Å². The summed E-state index contributed by atoms with van der Waals surface area (Å²) in [4.78, 5) is 8.04. The van der Waals surface area contributed by atoms with Gasteiger partial charge in [0.2, 0.25) is 5.95 Å². The first-order valence-electron chi connectivity index (χ1n) is 5.43. The van der Waals surface area contributed by atoms with E-state index in [9.17, 15) is 0 Å². The van der Waals surface area contributed by atoms with E-state index in [1.54, 1.807) is 6.20 Å². The molecule has 1 atom stereocenters. The van der Waals surface area contributed by atoms with Crippen molar-refractivity contribution in [3.8, 4) is 0 Å². The molecule has 0 saturated heterocycles. The van der Waals surface area contributed by atoms with E-state index in [-0.39, 0.29) is 0 Å². The number of rotatable bonds is 2. The highest BCUT2D eigenvalue weighted by Gasteiger charge is 2.34. The van der Waals surface area contributed by atoms with Gasteiger partial charge in [0.1, 0.15) is 5.82 Å². The van der Waals surface area contributed by atoms with Gasteiger partial charge in [-0.3, -0.25) is 0 Å². The summed E-state index contributed by atoms with van der Waals surface area (Å²) in [6.07, 6.45) is 5.44. The number of aromatic nitrogens is 2. The van der Waals surface area contributed by atoms with Crippen molar-refractivity contribution < 1.29 is 0 Å². The summed E-state index contributed by atoms with van der Waals surface area (Å²) in [6.45, 7) is 4.59. The molecule has 4 heteroatoms. The van der Waals surface area contributed by atoms with Crippen molar-refractivity contribution >= 4 is 11.8 Å². The molecule has 1 saturated carbocycles. The predicted octanol–water partition coefficient (Wildman–Crippen LogP) is 2.05. The summed E-state index contributed by atoms with van der Waals surface area (Å²) < 4.78 is 0. The molecule has 1 aromatic rings. The highest BCUT2D eigenvalue weighted by Crippen LogP contribution is 2.38. The van der Waals surface area contributed by atoms with E-state index < -0.39 is 0 Å². The maximum atomic E-state index is 5.54. The van der Waals surface area contributed by atoms with Gasteiger partial charge >= 0.3 is 0 Å². The number of nitrogens with one attached hydrogen (secondary N) is 1. The number of hydrogen-bond donors (Lipinski definition) is 2. The Hall–Kier alpha value is -1.32. The van der Waals surface area contributed by atoms with Crippen molar-refractivity contribution in [3.05, 3.63) is 12.3 Å². The quantitative estimate of drug-likeness (QED) is 0.777. The Balaban J connectivity index is 2.09. The summed E-state index contributed by atoms with van der Waals surface area (Å²) in [6, 6.07) is 2.36. The van der Waals surface area contributed by atoms with E-state index in [1.165, 1.54) is 19.3 Å². The smallest absolute Gasteiger partial charge is 0.221 e. The Kier molecular flexibility index (Phi) is 2.50. The summed E-state index contributed by atoms with van der Waals surface area (Å²) in [5.74, 6) is 1.17. The number of nitrogens with zero attached hydrogens (tertiary/aromatic N) is 2. The van der Waals surface area contributed by atoms with Crippen molar-refractivity contribution in [2.24, 2.45) is 5.41 Å². The topological polar surface area (TPSA) is 63.8 Å². The Labute approximate surface area is 90.3 Å². The van der Waals surface area contributed by atoms with Crippen molar-refractivity contribution in [2.75, 3.05) is 11.1 Å². The van der Waals surface area contributed by atoms with Crippen LogP contribution in [0.15, 0.2) is 12.3 Å². The largest absolute Gasteiger partial charge is 0.368 e. The fourth-order valence-electron chi connectivity index (χ4n) is 2.23. The standard InChI is InChI=1S/C11H18N4/c1-11(2)6-3-4-8(11)14-9-5-7-13-10(12)15-9/h5,7-8H,3-4,6H2,1-2H3,(H3,12,13,14,15). The van der Waals surface area contributed by atoms with Gasteiger partial charge < -0.3 is 11.1 Å².